The van der Waals surface area contributed by atoms with Crippen molar-refractivity contribution >= 4 is 11.6 Å². The summed E-state index contributed by atoms with van der Waals surface area (Å²) < 4.78 is 5.64. The Labute approximate surface area is 152 Å². The van der Waals surface area contributed by atoms with Gasteiger partial charge in [-0.2, -0.15) is 5.10 Å². The number of nitrogens with one attached hydrogen (secondary N) is 2. The van der Waals surface area contributed by atoms with Gasteiger partial charge in [0.25, 0.3) is 0 Å². The van der Waals surface area contributed by atoms with Crippen molar-refractivity contribution < 1.29 is 9.53 Å². The van der Waals surface area contributed by atoms with Crippen molar-refractivity contribution in [2.24, 2.45) is 5.73 Å². The van der Waals surface area contributed by atoms with Gasteiger partial charge in [0.15, 0.2) is 0 Å². The van der Waals surface area contributed by atoms with E-state index in [1.807, 2.05) is 56.4 Å². The molecule has 1 atom stereocenters. The zero-order valence-electron chi connectivity index (χ0n) is 14.8. The van der Waals surface area contributed by atoms with Crippen LogP contribution < -0.4 is 15.8 Å². The smallest absolute Gasteiger partial charge is 0.245 e. The van der Waals surface area contributed by atoms with Crippen LogP contribution in [-0.4, -0.2) is 22.2 Å². The summed E-state index contributed by atoms with van der Waals surface area (Å²) in [7, 11) is 0. The number of carbonyl (C=O) groups excluding carboxylic acids is 1. The highest BCUT2D eigenvalue weighted by molar-refractivity contribution is 5.95. The summed E-state index contributed by atoms with van der Waals surface area (Å²) in [5.74, 6) is 0.429. The van der Waals surface area contributed by atoms with E-state index in [2.05, 4.69) is 15.5 Å². The first-order chi connectivity index (χ1) is 12.5. The Morgan fingerprint density at radius 2 is 1.92 bits per heavy atom. The summed E-state index contributed by atoms with van der Waals surface area (Å²) >= 11 is 0. The summed E-state index contributed by atoms with van der Waals surface area (Å²) in [6.45, 7) is 3.91. The Balaban J connectivity index is 1.68. The Bertz CT molecular complexity index is 858. The van der Waals surface area contributed by atoms with Crippen molar-refractivity contribution in [3.8, 4) is 16.9 Å². The van der Waals surface area contributed by atoms with Crippen LogP contribution in [0.5, 0.6) is 5.75 Å². The van der Waals surface area contributed by atoms with Gasteiger partial charge < -0.3 is 15.8 Å². The van der Waals surface area contributed by atoms with Crippen molar-refractivity contribution in [3.05, 3.63) is 66.5 Å². The van der Waals surface area contributed by atoms with Crippen molar-refractivity contribution in [1.82, 2.24) is 10.2 Å². The van der Waals surface area contributed by atoms with E-state index in [1.165, 1.54) is 0 Å². The van der Waals surface area contributed by atoms with Crippen LogP contribution in [0.3, 0.4) is 0 Å². The van der Waals surface area contributed by atoms with E-state index in [0.29, 0.717) is 11.4 Å². The molecule has 26 heavy (non-hydrogen) atoms. The van der Waals surface area contributed by atoms with Gasteiger partial charge in [0, 0.05) is 23.5 Å². The maximum Gasteiger partial charge on any atom is 0.245 e. The van der Waals surface area contributed by atoms with E-state index < -0.39 is 6.04 Å². The minimum Gasteiger partial charge on any atom is -0.491 e. The quantitative estimate of drug-likeness (QED) is 0.634. The lowest BCUT2D eigenvalue weighted by atomic mass is 10.0. The molecular weight excluding hydrogens is 328 g/mol. The summed E-state index contributed by atoms with van der Waals surface area (Å²) in [5.41, 5.74) is 9.49. The first kappa shape index (κ1) is 17.7. The number of aromatic amines is 1. The molecule has 0 spiro atoms. The molecule has 3 rings (SSSR count). The fourth-order valence-corrected chi connectivity index (χ4v) is 2.58. The molecule has 4 N–H and O–H groups in total. The summed E-state index contributed by atoms with van der Waals surface area (Å²) in [6.07, 6.45) is 3.62. The monoisotopic (exact) mass is 350 g/mol. The van der Waals surface area contributed by atoms with Gasteiger partial charge in [-0.3, -0.25) is 9.89 Å². The predicted octanol–water partition coefficient (Wildman–Crippen LogP) is 3.50. The number of anilines is 1. The van der Waals surface area contributed by atoms with Crippen molar-refractivity contribution in [3.63, 3.8) is 0 Å². The highest BCUT2D eigenvalue weighted by Gasteiger charge is 2.16. The molecule has 1 amide bonds. The maximum absolute atomic E-state index is 12.5. The van der Waals surface area contributed by atoms with E-state index in [9.17, 15) is 4.79 Å². The number of carbonyl (C=O) groups is 1. The van der Waals surface area contributed by atoms with Gasteiger partial charge in [-0.25, -0.2) is 0 Å². The number of hydrogen-bond donors (Lipinski definition) is 3. The third-order valence-corrected chi connectivity index (χ3v) is 3.86. The Kier molecular flexibility index (Phi) is 5.34. The molecule has 0 saturated carbocycles. The van der Waals surface area contributed by atoms with Crippen molar-refractivity contribution in [1.29, 1.82) is 0 Å². The lowest BCUT2D eigenvalue weighted by Gasteiger charge is -2.15. The van der Waals surface area contributed by atoms with Crippen LogP contribution in [0.2, 0.25) is 0 Å². The molecule has 134 valence electrons. The van der Waals surface area contributed by atoms with Crippen LogP contribution >= 0.6 is 0 Å². The zero-order chi connectivity index (χ0) is 18.5. The molecule has 0 radical (unpaired) electrons. The second-order valence-electron chi connectivity index (χ2n) is 6.27. The third kappa shape index (κ3) is 4.29. The molecule has 6 heteroatoms. The van der Waals surface area contributed by atoms with E-state index in [1.54, 1.807) is 18.3 Å². The van der Waals surface area contributed by atoms with Crippen LogP contribution in [0.1, 0.15) is 25.5 Å². The first-order valence-corrected chi connectivity index (χ1v) is 8.45. The van der Waals surface area contributed by atoms with E-state index in [-0.39, 0.29) is 12.0 Å². The molecule has 0 aliphatic carbocycles. The molecule has 6 nitrogen and oxygen atoms in total. The van der Waals surface area contributed by atoms with Crippen molar-refractivity contribution in [2.75, 3.05) is 5.32 Å². The predicted molar refractivity (Wildman–Crippen MR) is 102 cm³/mol. The molecule has 0 bridgehead atoms. The van der Waals surface area contributed by atoms with E-state index in [0.717, 1.165) is 16.7 Å². The molecule has 2 aromatic carbocycles. The maximum atomic E-state index is 12.5. The van der Waals surface area contributed by atoms with Gasteiger partial charge in [-0.1, -0.05) is 30.3 Å². The minimum atomic E-state index is -0.761. The number of benzene rings is 2. The average molecular weight is 350 g/mol. The number of rotatable bonds is 6. The largest absolute Gasteiger partial charge is 0.491 e. The van der Waals surface area contributed by atoms with Gasteiger partial charge in [0.2, 0.25) is 5.91 Å². The number of ether oxygens (including phenoxy) is 1. The Hall–Kier alpha value is -3.12. The molecule has 1 aromatic heterocycles. The van der Waals surface area contributed by atoms with Crippen LogP contribution in [0.25, 0.3) is 11.1 Å². The number of hydrogen-bond acceptors (Lipinski definition) is 4. The number of aromatic nitrogens is 2. The summed E-state index contributed by atoms with van der Waals surface area (Å²) in [6, 6.07) is 14.1. The SMILES string of the molecule is CC(C)Oc1cccc(NC(=O)C(N)c2ccc(-c3cn[nH]c3)cc2)c1. The molecule has 0 saturated heterocycles. The summed E-state index contributed by atoms with van der Waals surface area (Å²) in [4.78, 5) is 12.5. The van der Waals surface area contributed by atoms with Crippen LogP contribution in [0.15, 0.2) is 60.9 Å². The normalized spacial score (nSPS) is 12.0. The Morgan fingerprint density at radius 1 is 1.15 bits per heavy atom. The number of H-pyrrole nitrogens is 1. The van der Waals surface area contributed by atoms with Crippen molar-refractivity contribution in [2.45, 2.75) is 26.0 Å². The molecule has 3 aromatic rings. The standard InChI is InChI=1S/C20H22N4O2/c1-13(2)26-18-5-3-4-17(10-18)24-20(25)19(21)15-8-6-14(7-9-15)16-11-22-23-12-16/h3-13,19H,21H2,1-2H3,(H,22,23)(H,24,25). The van der Waals surface area contributed by atoms with E-state index in [4.69, 9.17) is 10.5 Å². The van der Waals surface area contributed by atoms with Crippen LogP contribution in [0, 0.1) is 0 Å². The topological polar surface area (TPSA) is 93.0 Å². The lowest BCUT2D eigenvalue weighted by molar-refractivity contribution is -0.117. The molecular formula is C20H22N4O2. The number of amides is 1. The number of nitrogens with two attached hydrogens (primary N) is 1. The van der Waals surface area contributed by atoms with Gasteiger partial charge in [-0.05, 0) is 37.1 Å². The van der Waals surface area contributed by atoms with Crippen LogP contribution in [0.4, 0.5) is 5.69 Å². The van der Waals surface area contributed by atoms with Gasteiger partial charge in [0.1, 0.15) is 11.8 Å². The minimum absolute atomic E-state index is 0.0666. The van der Waals surface area contributed by atoms with Gasteiger partial charge >= 0.3 is 0 Å². The molecule has 0 fully saturated rings. The fourth-order valence-electron chi connectivity index (χ4n) is 2.58. The Morgan fingerprint density at radius 3 is 2.58 bits per heavy atom. The summed E-state index contributed by atoms with van der Waals surface area (Å²) in [5, 5.41) is 9.55. The molecule has 1 heterocycles. The second kappa shape index (κ2) is 7.84. The van der Waals surface area contributed by atoms with E-state index >= 15 is 0 Å². The second-order valence-corrected chi connectivity index (χ2v) is 6.27. The first-order valence-electron chi connectivity index (χ1n) is 8.45. The molecule has 0 aliphatic rings. The van der Waals surface area contributed by atoms with Crippen LogP contribution in [-0.2, 0) is 4.79 Å². The molecule has 1 unspecified atom stereocenters. The zero-order valence-corrected chi connectivity index (χ0v) is 14.8. The fraction of sp³-hybridized carbons (Fsp3) is 0.200. The molecule has 0 aliphatic heterocycles. The van der Waals surface area contributed by atoms with Gasteiger partial charge in [-0.15, -0.1) is 0 Å². The lowest BCUT2D eigenvalue weighted by Crippen LogP contribution is -2.27. The van der Waals surface area contributed by atoms with Gasteiger partial charge in [0.05, 0.1) is 12.3 Å². The number of nitrogens with zero attached hydrogens (tertiary/aromatic N) is 1. The average Bonchev–Trinajstić information content (AvgIpc) is 3.15. The highest BCUT2D eigenvalue weighted by atomic mass is 16.5. The highest BCUT2D eigenvalue weighted by Crippen LogP contribution is 2.22. The third-order valence-electron chi connectivity index (χ3n) is 3.86.